The molecule has 1 aliphatic carbocycles. The molecule has 0 bridgehead atoms. The van der Waals surface area contributed by atoms with Gasteiger partial charge >= 0.3 is 0 Å². The standard InChI is InChI=1S/C21H18N4O2S3/c1-2-16(28-7-1)9-19-23-24-21(25(19)15-4-5-15)30-11-14-10-29-20(22-14)13-3-6-17-18(8-13)27-12-26-17/h1-3,6-8,10,15H,4-5,9,11-12H2. The molecule has 6 rings (SSSR count). The van der Waals surface area contributed by atoms with E-state index in [9.17, 15) is 0 Å². The first kappa shape index (κ1) is 18.4. The first-order valence-electron chi connectivity index (χ1n) is 9.77. The minimum atomic E-state index is 0.286. The number of thiazole rings is 1. The monoisotopic (exact) mass is 454 g/mol. The van der Waals surface area contributed by atoms with Gasteiger partial charge in [0.1, 0.15) is 10.8 Å². The van der Waals surface area contributed by atoms with Crippen LogP contribution in [-0.4, -0.2) is 26.5 Å². The van der Waals surface area contributed by atoms with Gasteiger partial charge in [0.25, 0.3) is 0 Å². The molecule has 30 heavy (non-hydrogen) atoms. The molecular formula is C21H18N4O2S3. The molecular weight excluding hydrogens is 436 g/mol. The first-order valence-corrected chi connectivity index (χ1v) is 12.5. The van der Waals surface area contributed by atoms with Crippen molar-refractivity contribution < 1.29 is 9.47 Å². The van der Waals surface area contributed by atoms with Crippen LogP contribution in [0.1, 0.15) is 35.3 Å². The van der Waals surface area contributed by atoms with Gasteiger partial charge in [0.15, 0.2) is 16.7 Å². The molecule has 4 aromatic rings. The highest BCUT2D eigenvalue weighted by Crippen LogP contribution is 2.40. The van der Waals surface area contributed by atoms with Crippen molar-refractivity contribution in [3.8, 4) is 22.1 Å². The molecule has 1 saturated carbocycles. The second-order valence-corrected chi connectivity index (χ2v) is 10.1. The number of fused-ring (bicyclic) bond motifs is 1. The third-order valence-corrected chi connectivity index (χ3v) is 7.87. The van der Waals surface area contributed by atoms with Gasteiger partial charge in [-0.3, -0.25) is 0 Å². The van der Waals surface area contributed by atoms with Crippen molar-refractivity contribution in [2.24, 2.45) is 0 Å². The molecule has 0 unspecified atom stereocenters. The van der Waals surface area contributed by atoms with Crippen LogP contribution in [0.15, 0.2) is 46.2 Å². The zero-order valence-electron chi connectivity index (χ0n) is 16.0. The molecule has 0 N–H and O–H groups in total. The van der Waals surface area contributed by atoms with E-state index in [1.807, 2.05) is 18.2 Å². The molecule has 6 nitrogen and oxygen atoms in total. The second-order valence-electron chi connectivity index (χ2n) is 7.26. The molecule has 0 radical (unpaired) electrons. The lowest BCUT2D eigenvalue weighted by molar-refractivity contribution is 0.174. The molecule has 1 aliphatic heterocycles. The van der Waals surface area contributed by atoms with E-state index in [0.717, 1.165) is 50.9 Å². The van der Waals surface area contributed by atoms with E-state index in [4.69, 9.17) is 14.5 Å². The zero-order valence-corrected chi connectivity index (χ0v) is 18.4. The molecule has 152 valence electrons. The SMILES string of the molecule is c1csc(Cc2nnc(SCc3csc(-c4ccc5c(c4)OCO5)n3)n2C2CC2)c1. The minimum Gasteiger partial charge on any atom is -0.454 e. The highest BCUT2D eigenvalue weighted by atomic mass is 32.2. The Hall–Kier alpha value is -2.36. The average molecular weight is 455 g/mol. The van der Waals surface area contributed by atoms with Gasteiger partial charge in [-0.25, -0.2) is 4.98 Å². The fourth-order valence-corrected chi connectivity index (χ4v) is 6.01. The van der Waals surface area contributed by atoms with Gasteiger partial charge in [0, 0.05) is 34.0 Å². The fraction of sp³-hybridized carbons (Fsp3) is 0.286. The van der Waals surface area contributed by atoms with Crippen LogP contribution in [-0.2, 0) is 12.2 Å². The Labute approximate surface area is 185 Å². The van der Waals surface area contributed by atoms with Crippen LogP contribution >= 0.6 is 34.4 Å². The first-order chi connectivity index (χ1) is 14.8. The summed E-state index contributed by atoms with van der Waals surface area (Å²) in [6, 6.07) is 10.8. The summed E-state index contributed by atoms with van der Waals surface area (Å²) in [6.45, 7) is 0.286. The Morgan fingerprint density at radius 1 is 1.10 bits per heavy atom. The zero-order chi connectivity index (χ0) is 19.9. The van der Waals surface area contributed by atoms with Gasteiger partial charge in [-0.15, -0.1) is 32.9 Å². The summed E-state index contributed by atoms with van der Waals surface area (Å²) in [5.74, 6) is 3.44. The van der Waals surface area contributed by atoms with Crippen LogP contribution in [0.4, 0.5) is 0 Å². The predicted octanol–water partition coefficient (Wildman–Crippen LogP) is 5.41. The molecule has 1 fully saturated rings. The van der Waals surface area contributed by atoms with Crippen molar-refractivity contribution in [2.75, 3.05) is 6.79 Å². The number of benzene rings is 1. The highest BCUT2D eigenvalue weighted by Gasteiger charge is 2.29. The van der Waals surface area contributed by atoms with E-state index >= 15 is 0 Å². The number of rotatable bonds is 7. The largest absolute Gasteiger partial charge is 0.454 e. The number of hydrogen-bond donors (Lipinski definition) is 0. The average Bonchev–Trinajstić information content (AvgIpc) is 3.23. The van der Waals surface area contributed by atoms with E-state index < -0.39 is 0 Å². The maximum absolute atomic E-state index is 5.49. The molecule has 4 heterocycles. The highest BCUT2D eigenvalue weighted by molar-refractivity contribution is 7.98. The van der Waals surface area contributed by atoms with Crippen molar-refractivity contribution in [3.05, 3.63) is 57.5 Å². The van der Waals surface area contributed by atoms with E-state index in [-0.39, 0.29) is 6.79 Å². The quantitative estimate of drug-likeness (QED) is 0.348. The van der Waals surface area contributed by atoms with Crippen LogP contribution < -0.4 is 9.47 Å². The van der Waals surface area contributed by atoms with Crippen LogP contribution in [0.25, 0.3) is 10.6 Å². The summed E-state index contributed by atoms with van der Waals surface area (Å²) in [5, 5.41) is 15.2. The number of nitrogens with zero attached hydrogens (tertiary/aromatic N) is 4. The molecule has 9 heteroatoms. The normalized spacial score (nSPS) is 15.1. The van der Waals surface area contributed by atoms with Gasteiger partial charge in [-0.05, 0) is 42.5 Å². The molecule has 0 amide bonds. The topological polar surface area (TPSA) is 62.1 Å². The predicted molar refractivity (Wildman–Crippen MR) is 119 cm³/mol. The Morgan fingerprint density at radius 2 is 2.03 bits per heavy atom. The maximum atomic E-state index is 5.49. The third-order valence-electron chi connectivity index (χ3n) is 5.08. The lowest BCUT2D eigenvalue weighted by Crippen LogP contribution is -2.03. The number of hydrogen-bond acceptors (Lipinski definition) is 8. The fourth-order valence-electron chi connectivity index (χ4n) is 3.47. The summed E-state index contributed by atoms with van der Waals surface area (Å²) in [5.41, 5.74) is 2.11. The summed E-state index contributed by atoms with van der Waals surface area (Å²) >= 11 is 5.15. The van der Waals surface area contributed by atoms with Gasteiger partial charge in [0.2, 0.25) is 6.79 Å². The third kappa shape index (κ3) is 3.61. The lowest BCUT2D eigenvalue weighted by Gasteiger charge is -2.07. The molecule has 0 atom stereocenters. The maximum Gasteiger partial charge on any atom is 0.231 e. The summed E-state index contributed by atoms with van der Waals surface area (Å²) in [6.07, 6.45) is 3.29. The van der Waals surface area contributed by atoms with Crippen molar-refractivity contribution in [3.63, 3.8) is 0 Å². The minimum absolute atomic E-state index is 0.286. The number of thiophene rings is 1. The molecule has 0 saturated heterocycles. The van der Waals surface area contributed by atoms with Crippen LogP contribution in [0.5, 0.6) is 11.5 Å². The summed E-state index contributed by atoms with van der Waals surface area (Å²) in [7, 11) is 0. The summed E-state index contributed by atoms with van der Waals surface area (Å²) in [4.78, 5) is 6.15. The molecule has 1 aromatic carbocycles. The Bertz CT molecular complexity index is 1180. The van der Waals surface area contributed by atoms with E-state index in [0.29, 0.717) is 6.04 Å². The Balaban J connectivity index is 1.18. The van der Waals surface area contributed by atoms with Gasteiger partial charge < -0.3 is 14.0 Å². The van der Waals surface area contributed by atoms with Crippen molar-refractivity contribution in [1.82, 2.24) is 19.7 Å². The second kappa shape index (κ2) is 7.72. The van der Waals surface area contributed by atoms with Crippen molar-refractivity contribution in [2.45, 2.75) is 36.2 Å². The van der Waals surface area contributed by atoms with Crippen LogP contribution in [0, 0.1) is 0 Å². The van der Waals surface area contributed by atoms with Crippen LogP contribution in [0.3, 0.4) is 0 Å². The number of thioether (sulfide) groups is 1. The summed E-state index contributed by atoms with van der Waals surface area (Å²) < 4.78 is 13.2. The van der Waals surface area contributed by atoms with Crippen LogP contribution in [0.2, 0.25) is 0 Å². The van der Waals surface area contributed by atoms with Crippen molar-refractivity contribution >= 4 is 34.4 Å². The van der Waals surface area contributed by atoms with Gasteiger partial charge in [-0.2, -0.15) is 0 Å². The van der Waals surface area contributed by atoms with Gasteiger partial charge in [0.05, 0.1) is 5.69 Å². The Morgan fingerprint density at radius 3 is 2.90 bits per heavy atom. The Kier molecular flexibility index (Phi) is 4.74. The molecule has 0 spiro atoms. The molecule has 3 aromatic heterocycles. The number of aromatic nitrogens is 4. The van der Waals surface area contributed by atoms with E-state index in [2.05, 4.69) is 37.7 Å². The van der Waals surface area contributed by atoms with E-state index in [1.165, 1.54) is 17.7 Å². The molecule has 2 aliphatic rings. The van der Waals surface area contributed by atoms with Crippen molar-refractivity contribution in [1.29, 1.82) is 0 Å². The van der Waals surface area contributed by atoms with Gasteiger partial charge in [-0.1, -0.05) is 17.8 Å². The number of ether oxygens (including phenoxy) is 2. The van der Waals surface area contributed by atoms with E-state index in [1.54, 1.807) is 34.4 Å². The lowest BCUT2D eigenvalue weighted by atomic mass is 10.2. The smallest absolute Gasteiger partial charge is 0.231 e.